The van der Waals surface area contributed by atoms with E-state index in [-0.39, 0.29) is 5.82 Å². The molecule has 2 aromatic rings. The van der Waals surface area contributed by atoms with E-state index in [1.165, 1.54) is 12.1 Å². The Labute approximate surface area is 100 Å². The van der Waals surface area contributed by atoms with Crippen molar-refractivity contribution in [2.24, 2.45) is 12.8 Å². The first-order chi connectivity index (χ1) is 8.13. The predicted molar refractivity (Wildman–Crippen MR) is 67.4 cm³/mol. The first-order valence-corrected chi connectivity index (χ1v) is 5.95. The minimum absolute atomic E-state index is 0.221. The first kappa shape index (κ1) is 12.0. The number of hydrogen-bond acceptors (Lipinski definition) is 2. The van der Waals surface area contributed by atoms with Crippen molar-refractivity contribution in [3.8, 4) is 0 Å². The predicted octanol–water partition coefficient (Wildman–Crippen LogP) is 2.55. The zero-order valence-electron chi connectivity index (χ0n) is 10.3. The van der Waals surface area contributed by atoms with Crippen molar-refractivity contribution in [1.29, 1.82) is 0 Å². The Bertz CT molecular complexity index is 519. The molecule has 0 radical (unpaired) electrons. The zero-order valence-corrected chi connectivity index (χ0v) is 10.3. The Morgan fingerprint density at radius 3 is 2.94 bits per heavy atom. The van der Waals surface area contributed by atoms with E-state index < -0.39 is 0 Å². The van der Waals surface area contributed by atoms with Crippen molar-refractivity contribution in [3.05, 3.63) is 29.8 Å². The molecule has 0 aliphatic rings. The van der Waals surface area contributed by atoms with Crippen LogP contribution in [0.1, 0.15) is 31.5 Å². The van der Waals surface area contributed by atoms with E-state index in [2.05, 4.69) is 11.9 Å². The summed E-state index contributed by atoms with van der Waals surface area (Å²) < 4.78 is 15.1. The molecule has 1 unspecified atom stereocenters. The van der Waals surface area contributed by atoms with Gasteiger partial charge in [-0.1, -0.05) is 6.92 Å². The topological polar surface area (TPSA) is 43.8 Å². The van der Waals surface area contributed by atoms with E-state index in [1.807, 2.05) is 11.6 Å². The smallest absolute Gasteiger partial charge is 0.125 e. The molecule has 1 heterocycles. The standard InChI is InChI=1S/C13H18FN3/c1-9(4-3-7-15)13-16-11-6-5-10(14)8-12(11)17(13)2/h5-6,8-9H,3-4,7,15H2,1-2H3. The summed E-state index contributed by atoms with van der Waals surface area (Å²) in [7, 11) is 1.93. The lowest BCUT2D eigenvalue weighted by atomic mass is 10.1. The van der Waals surface area contributed by atoms with E-state index in [1.54, 1.807) is 6.07 Å². The van der Waals surface area contributed by atoms with Gasteiger partial charge in [0.15, 0.2) is 0 Å². The van der Waals surface area contributed by atoms with E-state index in [0.717, 1.165) is 29.7 Å². The molecular formula is C13H18FN3. The van der Waals surface area contributed by atoms with Gasteiger partial charge in [0.1, 0.15) is 11.6 Å². The van der Waals surface area contributed by atoms with Gasteiger partial charge in [-0.05, 0) is 37.6 Å². The minimum Gasteiger partial charge on any atom is -0.331 e. The maximum atomic E-state index is 13.2. The molecule has 2 N–H and O–H groups in total. The number of halogens is 1. The van der Waals surface area contributed by atoms with Crippen molar-refractivity contribution >= 4 is 11.0 Å². The second kappa shape index (κ2) is 4.84. The highest BCUT2D eigenvalue weighted by Gasteiger charge is 2.14. The fraction of sp³-hybridized carbons (Fsp3) is 0.462. The summed E-state index contributed by atoms with van der Waals surface area (Å²) in [6, 6.07) is 4.70. The molecule has 92 valence electrons. The van der Waals surface area contributed by atoms with Crippen LogP contribution >= 0.6 is 0 Å². The lowest BCUT2D eigenvalue weighted by Crippen LogP contribution is -2.06. The van der Waals surface area contributed by atoms with Crippen molar-refractivity contribution in [1.82, 2.24) is 9.55 Å². The molecule has 2 rings (SSSR count). The third kappa shape index (κ3) is 2.31. The van der Waals surface area contributed by atoms with Gasteiger partial charge >= 0.3 is 0 Å². The lowest BCUT2D eigenvalue weighted by molar-refractivity contribution is 0.591. The van der Waals surface area contributed by atoms with Crippen molar-refractivity contribution in [3.63, 3.8) is 0 Å². The Balaban J connectivity index is 2.38. The van der Waals surface area contributed by atoms with Crippen LogP contribution < -0.4 is 5.73 Å². The molecule has 1 atom stereocenters. The van der Waals surface area contributed by atoms with Crippen molar-refractivity contribution in [2.75, 3.05) is 6.54 Å². The van der Waals surface area contributed by atoms with Crippen LogP contribution in [-0.2, 0) is 7.05 Å². The number of aryl methyl sites for hydroxylation is 1. The monoisotopic (exact) mass is 235 g/mol. The Morgan fingerprint density at radius 1 is 1.47 bits per heavy atom. The maximum Gasteiger partial charge on any atom is 0.125 e. The second-order valence-electron chi connectivity index (χ2n) is 4.49. The molecule has 0 fully saturated rings. The van der Waals surface area contributed by atoms with E-state index >= 15 is 0 Å². The molecule has 4 heteroatoms. The lowest BCUT2D eigenvalue weighted by Gasteiger charge is -2.10. The molecule has 0 saturated carbocycles. The van der Waals surface area contributed by atoms with Gasteiger partial charge in [0.05, 0.1) is 11.0 Å². The van der Waals surface area contributed by atoms with Crippen molar-refractivity contribution < 1.29 is 4.39 Å². The average Bonchev–Trinajstić information content (AvgIpc) is 2.64. The number of fused-ring (bicyclic) bond motifs is 1. The van der Waals surface area contributed by atoms with Gasteiger partial charge in [-0.25, -0.2) is 9.37 Å². The van der Waals surface area contributed by atoms with Gasteiger partial charge in [0.25, 0.3) is 0 Å². The molecule has 0 amide bonds. The highest BCUT2D eigenvalue weighted by molar-refractivity contribution is 5.76. The Hall–Kier alpha value is -1.42. The molecule has 0 aliphatic heterocycles. The van der Waals surface area contributed by atoms with E-state index in [0.29, 0.717) is 12.5 Å². The van der Waals surface area contributed by atoms with Gasteiger partial charge in [-0.2, -0.15) is 0 Å². The SMILES string of the molecule is CC(CCCN)c1nc2ccc(F)cc2n1C. The quantitative estimate of drug-likeness (QED) is 0.885. The molecule has 0 spiro atoms. The first-order valence-electron chi connectivity index (χ1n) is 5.95. The summed E-state index contributed by atoms with van der Waals surface area (Å²) in [6.45, 7) is 2.83. The van der Waals surface area contributed by atoms with Crippen LogP contribution in [0, 0.1) is 5.82 Å². The van der Waals surface area contributed by atoms with Crippen LogP contribution in [0.25, 0.3) is 11.0 Å². The van der Waals surface area contributed by atoms with Crippen LogP contribution in [0.3, 0.4) is 0 Å². The van der Waals surface area contributed by atoms with Crippen LogP contribution in [0.4, 0.5) is 4.39 Å². The maximum absolute atomic E-state index is 13.2. The van der Waals surface area contributed by atoms with Gasteiger partial charge in [0, 0.05) is 13.0 Å². The largest absolute Gasteiger partial charge is 0.331 e. The highest BCUT2D eigenvalue weighted by Crippen LogP contribution is 2.24. The summed E-state index contributed by atoms with van der Waals surface area (Å²) in [6.07, 6.45) is 1.99. The summed E-state index contributed by atoms with van der Waals surface area (Å²) in [5, 5.41) is 0. The minimum atomic E-state index is -0.221. The molecular weight excluding hydrogens is 217 g/mol. The number of aromatic nitrogens is 2. The highest BCUT2D eigenvalue weighted by atomic mass is 19.1. The van der Waals surface area contributed by atoms with Gasteiger partial charge in [-0.15, -0.1) is 0 Å². The number of nitrogens with zero attached hydrogens (tertiary/aromatic N) is 2. The number of benzene rings is 1. The number of rotatable bonds is 4. The average molecular weight is 235 g/mol. The second-order valence-corrected chi connectivity index (χ2v) is 4.49. The summed E-state index contributed by atoms with van der Waals surface area (Å²) in [5.74, 6) is 1.12. The Morgan fingerprint density at radius 2 is 2.24 bits per heavy atom. The normalized spacial score (nSPS) is 13.2. The Kier molecular flexibility index (Phi) is 3.43. The van der Waals surface area contributed by atoms with Crippen LogP contribution in [-0.4, -0.2) is 16.1 Å². The summed E-state index contributed by atoms with van der Waals surface area (Å²) in [4.78, 5) is 4.56. The fourth-order valence-electron chi connectivity index (χ4n) is 2.18. The van der Waals surface area contributed by atoms with Gasteiger partial charge in [0.2, 0.25) is 0 Å². The van der Waals surface area contributed by atoms with E-state index in [9.17, 15) is 4.39 Å². The van der Waals surface area contributed by atoms with Crippen LogP contribution in [0.5, 0.6) is 0 Å². The molecule has 0 bridgehead atoms. The van der Waals surface area contributed by atoms with Gasteiger partial charge < -0.3 is 10.3 Å². The number of nitrogens with two attached hydrogens (primary N) is 1. The van der Waals surface area contributed by atoms with Crippen molar-refractivity contribution in [2.45, 2.75) is 25.7 Å². The third-order valence-corrected chi connectivity index (χ3v) is 3.16. The molecule has 0 aliphatic carbocycles. The summed E-state index contributed by atoms with van der Waals surface area (Å²) >= 11 is 0. The third-order valence-electron chi connectivity index (χ3n) is 3.16. The molecule has 3 nitrogen and oxygen atoms in total. The van der Waals surface area contributed by atoms with Crippen LogP contribution in [0.15, 0.2) is 18.2 Å². The molecule has 0 saturated heterocycles. The zero-order chi connectivity index (χ0) is 12.4. The van der Waals surface area contributed by atoms with Crippen LogP contribution in [0.2, 0.25) is 0 Å². The summed E-state index contributed by atoms with van der Waals surface area (Å²) in [5.41, 5.74) is 7.21. The van der Waals surface area contributed by atoms with Gasteiger partial charge in [-0.3, -0.25) is 0 Å². The number of imidazole rings is 1. The van der Waals surface area contributed by atoms with E-state index in [4.69, 9.17) is 5.73 Å². The number of hydrogen-bond donors (Lipinski definition) is 1. The fourth-order valence-corrected chi connectivity index (χ4v) is 2.18. The molecule has 1 aromatic carbocycles. The molecule has 17 heavy (non-hydrogen) atoms. The molecule has 1 aromatic heterocycles.